The molecule has 0 atom stereocenters. The molecule has 2 aliphatic rings. The fourth-order valence-electron chi connectivity index (χ4n) is 5.25. The summed E-state index contributed by atoms with van der Waals surface area (Å²) in [4.78, 5) is 33.3. The first-order chi connectivity index (χ1) is 18.8. The van der Waals surface area contributed by atoms with Gasteiger partial charge in [0, 0.05) is 51.9 Å². The average Bonchev–Trinajstić information content (AvgIpc) is 3.20. The maximum Gasteiger partial charge on any atom is 0.270 e. The van der Waals surface area contributed by atoms with Gasteiger partial charge in [0.05, 0.1) is 4.91 Å². The van der Waals surface area contributed by atoms with Crippen molar-refractivity contribution in [2.75, 3.05) is 37.6 Å². The molecule has 0 unspecified atom stereocenters. The number of rotatable bonds is 10. The van der Waals surface area contributed by atoms with Gasteiger partial charge >= 0.3 is 0 Å². The zero-order chi connectivity index (χ0) is 27.9. The molecule has 0 spiro atoms. The van der Waals surface area contributed by atoms with Crippen molar-refractivity contribution in [1.82, 2.24) is 14.4 Å². The van der Waals surface area contributed by atoms with Crippen LogP contribution in [0.3, 0.4) is 0 Å². The molecule has 2 saturated heterocycles. The van der Waals surface area contributed by atoms with Gasteiger partial charge < -0.3 is 4.90 Å². The SMILES string of the molecule is CCCCCCCN1C(=O)/C(=C\c2c(C)c(C#N)c(=O)n(C)c2N2CCN(Cc3ccccc3)CC2)SC1=S. The number of thiocarbonyl (C=S) groups is 1. The minimum Gasteiger partial charge on any atom is -0.355 e. The Morgan fingerprint density at radius 1 is 1.05 bits per heavy atom. The van der Waals surface area contributed by atoms with E-state index in [2.05, 4.69) is 47.1 Å². The number of amides is 1. The van der Waals surface area contributed by atoms with Gasteiger partial charge in [0.1, 0.15) is 21.8 Å². The van der Waals surface area contributed by atoms with Crippen LogP contribution >= 0.6 is 24.0 Å². The second kappa shape index (κ2) is 13.4. The summed E-state index contributed by atoms with van der Waals surface area (Å²) in [6.07, 6.45) is 7.40. The van der Waals surface area contributed by atoms with Crippen molar-refractivity contribution < 1.29 is 4.79 Å². The molecule has 39 heavy (non-hydrogen) atoms. The lowest BCUT2D eigenvalue weighted by Crippen LogP contribution is -2.48. The van der Waals surface area contributed by atoms with Gasteiger partial charge in [-0.2, -0.15) is 5.26 Å². The summed E-state index contributed by atoms with van der Waals surface area (Å²) in [6, 6.07) is 12.5. The number of aromatic nitrogens is 1. The van der Waals surface area contributed by atoms with Crippen LogP contribution in [0.4, 0.5) is 5.82 Å². The standard InChI is InChI=1S/C30H37N5O2S2/c1-4-5-6-7-11-14-35-29(37)26(39-30(35)38)19-24-22(2)25(20-31)28(36)32(3)27(24)34-17-15-33(16-18-34)21-23-12-9-8-10-13-23/h8-10,12-13,19H,4-7,11,14-18,21H2,1-3H3/b26-19+. The molecule has 2 fully saturated rings. The Bertz CT molecular complexity index is 1340. The summed E-state index contributed by atoms with van der Waals surface area (Å²) in [5.41, 5.74) is 2.43. The Balaban J connectivity index is 1.59. The zero-order valence-corrected chi connectivity index (χ0v) is 24.7. The number of pyridine rings is 1. The monoisotopic (exact) mass is 563 g/mol. The molecule has 1 aromatic carbocycles. The Labute approximate surface area is 241 Å². The van der Waals surface area contributed by atoms with E-state index in [0.29, 0.717) is 21.3 Å². The summed E-state index contributed by atoms with van der Waals surface area (Å²) in [7, 11) is 1.72. The van der Waals surface area contributed by atoms with E-state index in [1.165, 1.54) is 30.2 Å². The van der Waals surface area contributed by atoms with Crippen molar-refractivity contribution in [3.8, 4) is 6.07 Å². The van der Waals surface area contributed by atoms with Crippen molar-refractivity contribution in [3.05, 3.63) is 67.8 Å². The molecule has 9 heteroatoms. The molecule has 0 aliphatic carbocycles. The molecule has 7 nitrogen and oxygen atoms in total. The molecule has 206 valence electrons. The lowest BCUT2D eigenvalue weighted by Gasteiger charge is -2.37. The van der Waals surface area contributed by atoms with Crippen LogP contribution in [0.2, 0.25) is 0 Å². The molecule has 0 N–H and O–H groups in total. The number of nitrogens with zero attached hydrogens (tertiary/aromatic N) is 5. The third-order valence-electron chi connectivity index (χ3n) is 7.52. The molecule has 3 heterocycles. The highest BCUT2D eigenvalue weighted by atomic mass is 32.2. The van der Waals surface area contributed by atoms with E-state index in [0.717, 1.165) is 63.4 Å². The average molecular weight is 564 g/mol. The first-order valence-corrected chi connectivity index (χ1v) is 15.0. The molecule has 1 aromatic heterocycles. The van der Waals surface area contributed by atoms with E-state index in [1.54, 1.807) is 23.4 Å². The normalized spacial score (nSPS) is 17.3. The first-order valence-electron chi connectivity index (χ1n) is 13.8. The second-order valence-electron chi connectivity index (χ2n) is 10.2. The van der Waals surface area contributed by atoms with Crippen LogP contribution in [0.15, 0.2) is 40.0 Å². The largest absolute Gasteiger partial charge is 0.355 e. The Kier molecular flexibility index (Phi) is 10.0. The molecule has 1 amide bonds. The number of hydrogen-bond donors (Lipinski definition) is 0. The summed E-state index contributed by atoms with van der Waals surface area (Å²) >= 11 is 6.87. The van der Waals surface area contributed by atoms with Crippen LogP contribution in [-0.4, -0.2) is 57.3 Å². The third kappa shape index (κ3) is 6.63. The van der Waals surface area contributed by atoms with E-state index < -0.39 is 0 Å². The number of benzene rings is 1. The van der Waals surface area contributed by atoms with Gasteiger partial charge in [0.15, 0.2) is 0 Å². The minimum atomic E-state index is -0.312. The fraction of sp³-hybridized carbons (Fsp3) is 0.467. The van der Waals surface area contributed by atoms with Crippen molar-refractivity contribution >= 4 is 46.1 Å². The predicted octanol–water partition coefficient (Wildman–Crippen LogP) is 5.06. The van der Waals surface area contributed by atoms with Crippen LogP contribution in [-0.2, 0) is 18.4 Å². The van der Waals surface area contributed by atoms with Gasteiger partial charge in [-0.15, -0.1) is 0 Å². The van der Waals surface area contributed by atoms with Gasteiger partial charge in [-0.1, -0.05) is 86.9 Å². The summed E-state index contributed by atoms with van der Waals surface area (Å²) in [5.74, 6) is 0.659. The van der Waals surface area contributed by atoms with Crippen molar-refractivity contribution in [3.63, 3.8) is 0 Å². The summed E-state index contributed by atoms with van der Waals surface area (Å²) < 4.78 is 2.14. The van der Waals surface area contributed by atoms with E-state index >= 15 is 0 Å². The first kappa shape index (κ1) is 29.1. The molecule has 0 bridgehead atoms. The van der Waals surface area contributed by atoms with Crippen LogP contribution in [0.25, 0.3) is 6.08 Å². The second-order valence-corrected chi connectivity index (χ2v) is 11.9. The van der Waals surface area contributed by atoms with Crippen LogP contribution in [0, 0.1) is 18.3 Å². The third-order valence-corrected chi connectivity index (χ3v) is 8.90. The minimum absolute atomic E-state index is 0.0918. The lowest BCUT2D eigenvalue weighted by molar-refractivity contribution is -0.122. The summed E-state index contributed by atoms with van der Waals surface area (Å²) in [5, 5.41) is 9.77. The number of carbonyl (C=O) groups is 1. The molecular weight excluding hydrogens is 526 g/mol. The number of piperazine rings is 1. The molecule has 2 aromatic rings. The zero-order valence-electron chi connectivity index (χ0n) is 23.1. The Morgan fingerprint density at radius 2 is 1.74 bits per heavy atom. The number of anilines is 1. The van der Waals surface area contributed by atoms with Crippen molar-refractivity contribution in [2.45, 2.75) is 52.5 Å². The van der Waals surface area contributed by atoms with Gasteiger partial charge in [0.25, 0.3) is 11.5 Å². The Morgan fingerprint density at radius 3 is 2.41 bits per heavy atom. The number of unbranched alkanes of at least 4 members (excludes halogenated alkanes) is 4. The summed E-state index contributed by atoms with van der Waals surface area (Å²) in [6.45, 7) is 8.67. The lowest BCUT2D eigenvalue weighted by atomic mass is 10.0. The molecule has 2 aliphatic heterocycles. The van der Waals surface area contributed by atoms with Crippen LogP contribution in [0.1, 0.15) is 61.3 Å². The maximum absolute atomic E-state index is 13.4. The van der Waals surface area contributed by atoms with E-state index in [9.17, 15) is 14.9 Å². The number of nitriles is 1. The van der Waals surface area contributed by atoms with Gasteiger partial charge in [0.2, 0.25) is 0 Å². The highest BCUT2D eigenvalue weighted by molar-refractivity contribution is 8.26. The van der Waals surface area contributed by atoms with Crippen molar-refractivity contribution in [1.29, 1.82) is 5.26 Å². The molecule has 4 rings (SSSR count). The van der Waals surface area contributed by atoms with Crippen LogP contribution < -0.4 is 10.5 Å². The molecule has 0 radical (unpaired) electrons. The van der Waals surface area contributed by atoms with E-state index in [4.69, 9.17) is 12.2 Å². The number of hydrogen-bond acceptors (Lipinski definition) is 7. The van der Waals surface area contributed by atoms with Crippen LogP contribution in [0.5, 0.6) is 0 Å². The van der Waals surface area contributed by atoms with E-state index in [-0.39, 0.29) is 17.0 Å². The Hall–Kier alpha value is -2.93. The number of carbonyl (C=O) groups excluding carboxylic acids is 1. The van der Waals surface area contributed by atoms with Crippen molar-refractivity contribution in [2.24, 2.45) is 7.05 Å². The highest BCUT2D eigenvalue weighted by Crippen LogP contribution is 2.36. The molecular formula is C30H37N5O2S2. The molecule has 0 saturated carbocycles. The van der Waals surface area contributed by atoms with E-state index in [1.807, 2.05) is 12.1 Å². The smallest absolute Gasteiger partial charge is 0.270 e. The van der Waals surface area contributed by atoms with Gasteiger partial charge in [-0.3, -0.25) is 24.0 Å². The topological polar surface area (TPSA) is 72.6 Å². The highest BCUT2D eigenvalue weighted by Gasteiger charge is 2.33. The quantitative estimate of drug-likeness (QED) is 0.227. The predicted molar refractivity (Wildman–Crippen MR) is 164 cm³/mol. The maximum atomic E-state index is 13.4. The van der Waals surface area contributed by atoms with Gasteiger partial charge in [-0.05, 0) is 30.5 Å². The van der Waals surface area contributed by atoms with Gasteiger partial charge in [-0.25, -0.2) is 0 Å². The number of thioether (sulfide) groups is 1. The fourth-order valence-corrected chi connectivity index (χ4v) is 6.54.